The smallest absolute Gasteiger partial charge is 0.447 e. The standard InChI is InChI=1S/C7H3N3O5/c8-9-5-3(7(12)13)1-2-4(6(5)11)10(14)15/h1-2H,(H-,11,12,13)/p+1. The minimum Gasteiger partial charge on any atom is -0.496 e. The number of aromatic hydroxyl groups is 1. The summed E-state index contributed by atoms with van der Waals surface area (Å²) in [6.07, 6.45) is 0. The van der Waals surface area contributed by atoms with Crippen LogP contribution in [0.1, 0.15) is 10.4 Å². The number of hydrogen-bond donors (Lipinski definition) is 2. The number of carboxylic acids is 1. The maximum atomic E-state index is 10.6. The van der Waals surface area contributed by atoms with E-state index in [1.807, 2.05) is 0 Å². The van der Waals surface area contributed by atoms with Gasteiger partial charge in [0.05, 0.1) is 4.92 Å². The van der Waals surface area contributed by atoms with Crippen molar-refractivity contribution in [2.75, 3.05) is 0 Å². The van der Waals surface area contributed by atoms with Gasteiger partial charge in [0, 0.05) is 6.07 Å². The Kier molecular flexibility index (Phi) is 2.48. The lowest BCUT2D eigenvalue weighted by molar-refractivity contribution is -0.385. The van der Waals surface area contributed by atoms with Gasteiger partial charge in [-0.15, -0.1) is 0 Å². The molecule has 0 fully saturated rings. The maximum absolute atomic E-state index is 10.6. The fourth-order valence-corrected chi connectivity index (χ4v) is 0.990. The molecule has 1 rings (SSSR count). The van der Waals surface area contributed by atoms with Crippen molar-refractivity contribution in [3.8, 4) is 5.75 Å². The summed E-state index contributed by atoms with van der Waals surface area (Å²) in [5.41, 5.74) is -2.00. The Bertz CT molecular complexity index is 490. The lowest BCUT2D eigenvalue weighted by Crippen LogP contribution is -1.98. The van der Waals surface area contributed by atoms with Gasteiger partial charge in [0.2, 0.25) is 5.39 Å². The molecule has 1 aromatic rings. The molecule has 1 aromatic carbocycles. The summed E-state index contributed by atoms with van der Waals surface area (Å²) < 4.78 is 0. The first-order valence-electron chi connectivity index (χ1n) is 3.57. The second-order valence-electron chi connectivity index (χ2n) is 2.49. The van der Waals surface area contributed by atoms with Crippen molar-refractivity contribution in [1.29, 1.82) is 5.39 Å². The highest BCUT2D eigenvalue weighted by Crippen LogP contribution is 2.38. The molecule has 8 nitrogen and oxygen atoms in total. The molecule has 2 N–H and O–H groups in total. The molecule has 0 bridgehead atoms. The molecule has 0 saturated carbocycles. The summed E-state index contributed by atoms with van der Waals surface area (Å²) in [4.78, 5) is 22.5. The minimum absolute atomic E-state index is 0.527. The molecular formula is C7H4N3O5+. The Morgan fingerprint density at radius 1 is 1.53 bits per heavy atom. The summed E-state index contributed by atoms with van der Waals surface area (Å²) in [5, 5.41) is 36.6. The molecule has 0 spiro atoms. The average Bonchev–Trinajstić information content (AvgIpc) is 2.16. The summed E-state index contributed by atoms with van der Waals surface area (Å²) >= 11 is 0. The number of hydrogen-bond acceptors (Lipinski definition) is 5. The van der Waals surface area contributed by atoms with E-state index in [-0.39, 0.29) is 0 Å². The van der Waals surface area contributed by atoms with E-state index in [2.05, 4.69) is 4.98 Å². The molecule has 0 heterocycles. The van der Waals surface area contributed by atoms with E-state index in [9.17, 15) is 20.0 Å². The molecular weight excluding hydrogens is 206 g/mol. The monoisotopic (exact) mass is 210 g/mol. The predicted molar refractivity (Wildman–Crippen MR) is 46.5 cm³/mol. The maximum Gasteiger partial charge on any atom is 0.447 e. The first-order valence-corrected chi connectivity index (χ1v) is 3.57. The van der Waals surface area contributed by atoms with Gasteiger partial charge < -0.3 is 10.2 Å². The van der Waals surface area contributed by atoms with Crippen LogP contribution in [0.4, 0.5) is 11.4 Å². The first-order chi connectivity index (χ1) is 6.99. The second-order valence-corrected chi connectivity index (χ2v) is 2.49. The average molecular weight is 210 g/mol. The molecule has 0 saturated heterocycles. The number of phenolic OH excluding ortho intramolecular Hbond substituents is 1. The van der Waals surface area contributed by atoms with Crippen LogP contribution in [0.5, 0.6) is 5.75 Å². The third kappa shape index (κ3) is 1.66. The molecule has 0 aliphatic heterocycles. The quantitative estimate of drug-likeness (QED) is 0.432. The number of nitro groups is 1. The Morgan fingerprint density at radius 3 is 2.53 bits per heavy atom. The molecule has 0 atom stereocenters. The molecule has 15 heavy (non-hydrogen) atoms. The van der Waals surface area contributed by atoms with Crippen LogP contribution in [-0.2, 0) is 0 Å². The number of nitrogens with zero attached hydrogens (tertiary/aromatic N) is 3. The number of phenols is 1. The van der Waals surface area contributed by atoms with E-state index in [4.69, 9.17) is 10.5 Å². The van der Waals surface area contributed by atoms with Crippen LogP contribution in [0.3, 0.4) is 0 Å². The molecule has 0 radical (unpaired) electrons. The highest BCUT2D eigenvalue weighted by molar-refractivity contribution is 5.97. The number of carboxylic acid groups (broad SMARTS) is 1. The number of diazo groups is 1. The number of benzene rings is 1. The van der Waals surface area contributed by atoms with Gasteiger partial charge in [-0.25, -0.2) is 4.79 Å². The van der Waals surface area contributed by atoms with E-state index in [0.29, 0.717) is 0 Å². The lowest BCUT2D eigenvalue weighted by atomic mass is 10.1. The predicted octanol–water partition coefficient (Wildman–Crippen LogP) is 1.48. The third-order valence-electron chi connectivity index (χ3n) is 1.66. The molecule has 0 unspecified atom stereocenters. The van der Waals surface area contributed by atoms with Crippen LogP contribution in [0.15, 0.2) is 12.1 Å². The summed E-state index contributed by atoms with van der Waals surface area (Å²) in [6.45, 7) is 0. The Labute approximate surface area is 82.2 Å². The molecule has 8 heteroatoms. The van der Waals surface area contributed by atoms with Crippen molar-refractivity contribution in [2.24, 2.45) is 0 Å². The fourth-order valence-electron chi connectivity index (χ4n) is 0.990. The zero-order valence-electron chi connectivity index (χ0n) is 7.12. The van der Waals surface area contributed by atoms with Gasteiger partial charge in [0.15, 0.2) is 10.5 Å². The van der Waals surface area contributed by atoms with Crippen molar-refractivity contribution < 1.29 is 19.9 Å². The van der Waals surface area contributed by atoms with Crippen LogP contribution in [0, 0.1) is 15.5 Å². The van der Waals surface area contributed by atoms with Crippen LogP contribution >= 0.6 is 0 Å². The zero-order valence-corrected chi connectivity index (χ0v) is 7.12. The van der Waals surface area contributed by atoms with Crippen molar-refractivity contribution in [3.63, 3.8) is 0 Å². The van der Waals surface area contributed by atoms with Crippen LogP contribution in [0.2, 0.25) is 0 Å². The normalized spacial score (nSPS) is 9.27. The SMILES string of the molecule is N#[N+]c1c(C(=O)O)ccc([N+](=O)[O-])c1O. The summed E-state index contributed by atoms with van der Waals surface area (Å²) in [6, 6.07) is 1.68. The van der Waals surface area contributed by atoms with Crippen molar-refractivity contribution in [2.45, 2.75) is 0 Å². The molecule has 0 amide bonds. The van der Waals surface area contributed by atoms with Crippen molar-refractivity contribution >= 4 is 17.3 Å². The van der Waals surface area contributed by atoms with Gasteiger partial charge in [-0.05, 0) is 6.07 Å². The van der Waals surface area contributed by atoms with Gasteiger partial charge >= 0.3 is 17.3 Å². The summed E-state index contributed by atoms with van der Waals surface area (Å²) in [5.74, 6) is -2.45. The molecule has 76 valence electrons. The molecule has 0 aliphatic rings. The lowest BCUT2D eigenvalue weighted by Gasteiger charge is -1.94. The van der Waals surface area contributed by atoms with E-state index < -0.39 is 33.6 Å². The second kappa shape index (κ2) is 3.59. The highest BCUT2D eigenvalue weighted by Gasteiger charge is 2.32. The number of carbonyl (C=O) groups is 1. The van der Waals surface area contributed by atoms with Crippen LogP contribution in [0.25, 0.3) is 4.98 Å². The molecule has 0 aromatic heterocycles. The van der Waals surface area contributed by atoms with Crippen LogP contribution < -0.4 is 0 Å². The van der Waals surface area contributed by atoms with Gasteiger partial charge in [0.25, 0.3) is 5.75 Å². The van der Waals surface area contributed by atoms with Gasteiger partial charge in [0.1, 0.15) is 0 Å². The van der Waals surface area contributed by atoms with E-state index in [1.54, 1.807) is 0 Å². The number of nitro benzene ring substituents is 1. The van der Waals surface area contributed by atoms with E-state index in [0.717, 1.165) is 12.1 Å². The number of aromatic carboxylic acids is 1. The van der Waals surface area contributed by atoms with Crippen molar-refractivity contribution in [3.05, 3.63) is 32.8 Å². The minimum atomic E-state index is -1.46. The van der Waals surface area contributed by atoms with E-state index in [1.165, 1.54) is 0 Å². The van der Waals surface area contributed by atoms with E-state index >= 15 is 0 Å². The largest absolute Gasteiger partial charge is 0.496 e. The van der Waals surface area contributed by atoms with Gasteiger partial charge in [-0.1, -0.05) is 0 Å². The van der Waals surface area contributed by atoms with Gasteiger partial charge in [-0.3, -0.25) is 10.1 Å². The Balaban J connectivity index is 3.55. The van der Waals surface area contributed by atoms with Crippen LogP contribution in [-0.4, -0.2) is 21.1 Å². The summed E-state index contributed by atoms with van der Waals surface area (Å²) in [7, 11) is 0. The topological polar surface area (TPSA) is 129 Å². The Hall–Kier alpha value is -2.69. The number of rotatable bonds is 2. The van der Waals surface area contributed by atoms with Crippen molar-refractivity contribution in [1.82, 2.24) is 0 Å². The molecule has 0 aliphatic carbocycles. The highest BCUT2D eigenvalue weighted by atomic mass is 16.6. The zero-order chi connectivity index (χ0) is 11.6. The first kappa shape index (κ1) is 10.4. The van der Waals surface area contributed by atoms with Gasteiger partial charge in [-0.2, -0.15) is 0 Å². The third-order valence-corrected chi connectivity index (χ3v) is 1.66. The Morgan fingerprint density at radius 2 is 2.13 bits per heavy atom. The fraction of sp³-hybridized carbons (Fsp3) is 0.